The van der Waals surface area contributed by atoms with E-state index in [-0.39, 0.29) is 30.8 Å². The maximum atomic E-state index is 11.9. The van der Waals surface area contributed by atoms with Gasteiger partial charge in [-0.2, -0.15) is 0 Å². The van der Waals surface area contributed by atoms with Crippen LogP contribution < -0.4 is 10.6 Å². The van der Waals surface area contributed by atoms with Crippen LogP contribution in [0.2, 0.25) is 0 Å². The Morgan fingerprint density at radius 2 is 1.55 bits per heavy atom. The summed E-state index contributed by atoms with van der Waals surface area (Å²) in [5.74, 6) is 0.922. The van der Waals surface area contributed by atoms with Gasteiger partial charge in [0.2, 0.25) is 0 Å². The number of carbonyl (C=O) groups is 1. The Morgan fingerprint density at radius 3 is 2.29 bits per heavy atom. The van der Waals surface area contributed by atoms with Gasteiger partial charge in [-0.05, 0) is 59.0 Å². The number of aliphatic hydroxyl groups excluding tert-OH is 1. The van der Waals surface area contributed by atoms with Crippen LogP contribution in [0.3, 0.4) is 0 Å². The molecule has 5 rings (SSSR count). The van der Waals surface area contributed by atoms with E-state index in [1.54, 1.807) is 11.8 Å². The fourth-order valence-electron chi connectivity index (χ4n) is 5.14. The number of carbonyl (C=O) groups excluding carboxylic acids is 1. The van der Waals surface area contributed by atoms with Gasteiger partial charge in [0.15, 0.2) is 6.29 Å². The molecule has 1 fully saturated rings. The number of nitrogens with one attached hydrogen (secondary N) is 2. The summed E-state index contributed by atoms with van der Waals surface area (Å²) in [6, 6.07) is 34.7. The first-order valence-corrected chi connectivity index (χ1v) is 15.4. The van der Waals surface area contributed by atoms with Crippen molar-refractivity contribution in [3.63, 3.8) is 0 Å². The second-order valence-corrected chi connectivity index (χ2v) is 11.6. The molecule has 1 aliphatic rings. The lowest BCUT2D eigenvalue weighted by Crippen LogP contribution is -2.38. The first-order valence-electron chi connectivity index (χ1n) is 14.4. The first-order chi connectivity index (χ1) is 20.5. The smallest absolute Gasteiger partial charge is 0.315 e. The highest BCUT2D eigenvalue weighted by atomic mass is 32.2. The second kappa shape index (κ2) is 14.5. The van der Waals surface area contributed by atoms with Crippen LogP contribution >= 0.6 is 11.8 Å². The SMILES string of the molecule is CCNC(=O)NCc1cccc(-c2cccc([C@H]3O[C@@H](CSc4ccccc4)[C@@H](C)[C@@H](c4ccc(CO)cc4)O3)c2)c1. The third-order valence-electron chi connectivity index (χ3n) is 7.49. The topological polar surface area (TPSA) is 79.8 Å². The van der Waals surface area contributed by atoms with E-state index < -0.39 is 6.29 Å². The lowest BCUT2D eigenvalue weighted by Gasteiger charge is -2.41. The van der Waals surface area contributed by atoms with Crippen molar-refractivity contribution in [3.8, 4) is 11.1 Å². The second-order valence-electron chi connectivity index (χ2n) is 10.5. The molecule has 0 aromatic heterocycles. The molecule has 218 valence electrons. The molecular weight excluding hydrogens is 544 g/mol. The standard InChI is InChI=1S/C35H38N2O4S/c1-3-36-35(39)37-21-26-9-7-10-28(19-26)29-11-8-12-30(20-29)34-40-32(23-42-31-13-5-4-6-14-31)24(2)33(41-34)27-17-15-25(22-38)16-18-27/h4-20,24,32-34,38H,3,21-23H2,1-2H3,(H2,36,37,39)/t24-,32+,33+,34+/m1/s1. The van der Waals surface area contributed by atoms with E-state index in [0.717, 1.165) is 39.1 Å². The molecule has 4 atom stereocenters. The van der Waals surface area contributed by atoms with E-state index in [9.17, 15) is 9.90 Å². The van der Waals surface area contributed by atoms with Gasteiger partial charge < -0.3 is 25.2 Å². The van der Waals surface area contributed by atoms with Gasteiger partial charge in [0.25, 0.3) is 0 Å². The Morgan fingerprint density at radius 1 is 0.810 bits per heavy atom. The molecule has 4 aromatic carbocycles. The lowest BCUT2D eigenvalue weighted by molar-refractivity contribution is -0.268. The predicted molar refractivity (Wildman–Crippen MR) is 168 cm³/mol. The van der Waals surface area contributed by atoms with Crippen LogP contribution in [-0.4, -0.2) is 29.5 Å². The Balaban J connectivity index is 1.38. The molecule has 1 saturated heterocycles. The molecular formula is C35H38N2O4S. The average Bonchev–Trinajstić information content (AvgIpc) is 3.04. The summed E-state index contributed by atoms with van der Waals surface area (Å²) in [5, 5.41) is 15.2. The number of hydrogen-bond donors (Lipinski definition) is 3. The summed E-state index contributed by atoms with van der Waals surface area (Å²) in [5.41, 5.74) is 6.04. The van der Waals surface area contributed by atoms with Crippen molar-refractivity contribution >= 4 is 17.8 Å². The number of hydrogen-bond acceptors (Lipinski definition) is 5. The highest BCUT2D eigenvalue weighted by Crippen LogP contribution is 2.43. The zero-order valence-electron chi connectivity index (χ0n) is 24.0. The van der Waals surface area contributed by atoms with Crippen LogP contribution in [0.4, 0.5) is 4.79 Å². The number of benzene rings is 4. The highest BCUT2D eigenvalue weighted by molar-refractivity contribution is 7.99. The molecule has 0 radical (unpaired) electrons. The zero-order chi connectivity index (χ0) is 29.3. The number of aliphatic hydroxyl groups is 1. The highest BCUT2D eigenvalue weighted by Gasteiger charge is 2.38. The maximum Gasteiger partial charge on any atom is 0.315 e. The van der Waals surface area contributed by atoms with Gasteiger partial charge in [0.1, 0.15) is 0 Å². The molecule has 0 unspecified atom stereocenters. The van der Waals surface area contributed by atoms with Crippen molar-refractivity contribution in [2.45, 2.75) is 50.4 Å². The van der Waals surface area contributed by atoms with Crippen molar-refractivity contribution in [1.29, 1.82) is 0 Å². The van der Waals surface area contributed by atoms with Crippen molar-refractivity contribution in [2.24, 2.45) is 5.92 Å². The number of amides is 2. The van der Waals surface area contributed by atoms with Crippen LogP contribution in [0.25, 0.3) is 11.1 Å². The van der Waals surface area contributed by atoms with E-state index >= 15 is 0 Å². The van der Waals surface area contributed by atoms with Gasteiger partial charge in [0, 0.05) is 35.2 Å². The summed E-state index contributed by atoms with van der Waals surface area (Å²) >= 11 is 1.79. The predicted octanol–water partition coefficient (Wildman–Crippen LogP) is 7.25. The van der Waals surface area contributed by atoms with E-state index in [2.05, 4.69) is 72.2 Å². The van der Waals surface area contributed by atoms with Crippen molar-refractivity contribution in [3.05, 3.63) is 125 Å². The van der Waals surface area contributed by atoms with Crippen LogP contribution in [0.15, 0.2) is 108 Å². The lowest BCUT2D eigenvalue weighted by atomic mass is 9.91. The molecule has 42 heavy (non-hydrogen) atoms. The molecule has 4 aromatic rings. The Labute approximate surface area is 252 Å². The third-order valence-corrected chi connectivity index (χ3v) is 8.59. The van der Waals surface area contributed by atoms with E-state index in [1.807, 2.05) is 55.5 Å². The van der Waals surface area contributed by atoms with Gasteiger partial charge in [-0.1, -0.05) is 85.8 Å². The summed E-state index contributed by atoms with van der Waals surface area (Å²) in [6.45, 7) is 5.13. The molecule has 3 N–H and O–H groups in total. The molecule has 0 saturated carbocycles. The quantitative estimate of drug-likeness (QED) is 0.172. The van der Waals surface area contributed by atoms with Gasteiger partial charge in [-0.15, -0.1) is 11.8 Å². The molecule has 0 spiro atoms. The van der Waals surface area contributed by atoms with E-state index in [4.69, 9.17) is 9.47 Å². The minimum absolute atomic E-state index is 0.0133. The van der Waals surface area contributed by atoms with Crippen molar-refractivity contribution < 1.29 is 19.4 Å². The molecule has 1 heterocycles. The number of ether oxygens (including phenoxy) is 2. The Kier molecular flexibility index (Phi) is 10.3. The van der Waals surface area contributed by atoms with Gasteiger partial charge in [-0.25, -0.2) is 4.79 Å². The number of thioether (sulfide) groups is 1. The van der Waals surface area contributed by atoms with Crippen LogP contribution in [0.1, 0.15) is 48.5 Å². The summed E-state index contributed by atoms with van der Waals surface area (Å²) in [7, 11) is 0. The van der Waals surface area contributed by atoms with Crippen LogP contribution in [0.5, 0.6) is 0 Å². The van der Waals surface area contributed by atoms with Crippen LogP contribution in [-0.2, 0) is 22.6 Å². The summed E-state index contributed by atoms with van der Waals surface area (Å²) in [6.07, 6.45) is -0.735. The van der Waals surface area contributed by atoms with Crippen molar-refractivity contribution in [2.75, 3.05) is 12.3 Å². The summed E-state index contributed by atoms with van der Waals surface area (Å²) in [4.78, 5) is 13.1. The maximum absolute atomic E-state index is 11.9. The molecule has 1 aliphatic heterocycles. The minimum atomic E-state index is -0.535. The molecule has 7 heteroatoms. The Hall–Kier alpha value is -3.62. The normalized spacial score (nSPS) is 20.2. The largest absolute Gasteiger partial charge is 0.392 e. The zero-order valence-corrected chi connectivity index (χ0v) is 24.8. The van der Waals surface area contributed by atoms with Crippen LogP contribution in [0, 0.1) is 5.92 Å². The van der Waals surface area contributed by atoms with E-state index in [0.29, 0.717) is 13.1 Å². The average molecular weight is 583 g/mol. The van der Waals surface area contributed by atoms with E-state index in [1.165, 1.54) is 4.90 Å². The monoisotopic (exact) mass is 582 g/mol. The number of rotatable bonds is 10. The fourth-order valence-corrected chi connectivity index (χ4v) is 6.22. The molecule has 6 nitrogen and oxygen atoms in total. The van der Waals surface area contributed by atoms with Crippen molar-refractivity contribution in [1.82, 2.24) is 10.6 Å². The minimum Gasteiger partial charge on any atom is -0.392 e. The van der Waals surface area contributed by atoms with Gasteiger partial charge in [0.05, 0.1) is 18.8 Å². The van der Waals surface area contributed by atoms with Gasteiger partial charge >= 0.3 is 6.03 Å². The molecule has 0 bridgehead atoms. The fraction of sp³-hybridized carbons (Fsp3) is 0.286. The Bertz CT molecular complexity index is 1450. The van der Waals surface area contributed by atoms with Gasteiger partial charge in [-0.3, -0.25) is 0 Å². The molecule has 0 aliphatic carbocycles. The summed E-state index contributed by atoms with van der Waals surface area (Å²) < 4.78 is 13.3. The molecule has 2 amide bonds. The number of urea groups is 1. The third kappa shape index (κ3) is 7.61. The first kappa shape index (κ1) is 29.9.